The number of nitrogens with one attached hydrogen (secondary N) is 2. The summed E-state index contributed by atoms with van der Waals surface area (Å²) in [6, 6.07) is 1.23. The second-order valence-corrected chi connectivity index (χ2v) is 3.54. The molecule has 64 valence electrons. The highest BCUT2D eigenvalue weighted by Crippen LogP contribution is 2.09. The lowest BCUT2D eigenvalue weighted by Crippen LogP contribution is -2.41. The Hall–Kier alpha value is -0.500. The van der Waals surface area contributed by atoms with Crippen LogP contribution < -0.4 is 10.6 Å². The SMILES string of the molecule is C=C1CC(NC(C)C)CCN1. The van der Waals surface area contributed by atoms with Crippen molar-refractivity contribution in [2.75, 3.05) is 6.54 Å². The van der Waals surface area contributed by atoms with E-state index in [0.29, 0.717) is 12.1 Å². The van der Waals surface area contributed by atoms with Crippen LogP contribution in [0.3, 0.4) is 0 Å². The molecule has 1 unspecified atom stereocenters. The van der Waals surface area contributed by atoms with Crippen molar-refractivity contribution in [3.05, 3.63) is 12.3 Å². The van der Waals surface area contributed by atoms with Crippen LogP contribution in [0, 0.1) is 0 Å². The van der Waals surface area contributed by atoms with Crippen molar-refractivity contribution in [2.24, 2.45) is 0 Å². The van der Waals surface area contributed by atoms with Gasteiger partial charge in [-0.05, 0) is 6.42 Å². The summed E-state index contributed by atoms with van der Waals surface area (Å²) in [6.45, 7) is 9.36. The van der Waals surface area contributed by atoms with Gasteiger partial charge in [0.15, 0.2) is 0 Å². The zero-order chi connectivity index (χ0) is 8.27. The molecule has 0 aliphatic carbocycles. The third-order valence-corrected chi connectivity index (χ3v) is 1.93. The number of hydrogen-bond acceptors (Lipinski definition) is 2. The van der Waals surface area contributed by atoms with Crippen molar-refractivity contribution in [2.45, 2.75) is 38.8 Å². The Kier molecular flexibility index (Phi) is 2.94. The first-order valence-electron chi connectivity index (χ1n) is 4.36. The van der Waals surface area contributed by atoms with Gasteiger partial charge in [0.05, 0.1) is 0 Å². The molecular formula is C9H18N2. The van der Waals surface area contributed by atoms with E-state index in [9.17, 15) is 0 Å². The fraction of sp³-hybridized carbons (Fsp3) is 0.778. The molecule has 1 fully saturated rings. The minimum atomic E-state index is 0.589. The van der Waals surface area contributed by atoms with Crippen LogP contribution in [-0.4, -0.2) is 18.6 Å². The summed E-state index contributed by atoms with van der Waals surface area (Å²) < 4.78 is 0. The molecule has 0 aromatic rings. The number of hydrogen-bond donors (Lipinski definition) is 2. The summed E-state index contributed by atoms with van der Waals surface area (Å²) in [6.07, 6.45) is 2.30. The molecule has 0 saturated carbocycles. The molecule has 2 nitrogen and oxygen atoms in total. The summed E-state index contributed by atoms with van der Waals surface area (Å²) >= 11 is 0. The van der Waals surface area contributed by atoms with E-state index >= 15 is 0 Å². The van der Waals surface area contributed by atoms with E-state index < -0.39 is 0 Å². The van der Waals surface area contributed by atoms with Gasteiger partial charge in [0.25, 0.3) is 0 Å². The summed E-state index contributed by atoms with van der Waals surface area (Å²) in [5.41, 5.74) is 1.18. The van der Waals surface area contributed by atoms with Crippen molar-refractivity contribution in [1.29, 1.82) is 0 Å². The number of rotatable bonds is 2. The van der Waals surface area contributed by atoms with Crippen LogP contribution in [0.1, 0.15) is 26.7 Å². The quantitative estimate of drug-likeness (QED) is 0.625. The van der Waals surface area contributed by atoms with E-state index in [1.54, 1.807) is 0 Å². The first-order chi connectivity index (χ1) is 5.18. The Labute approximate surface area is 69.1 Å². The van der Waals surface area contributed by atoms with Crippen LogP contribution in [-0.2, 0) is 0 Å². The van der Waals surface area contributed by atoms with Crippen molar-refractivity contribution in [3.63, 3.8) is 0 Å². The largest absolute Gasteiger partial charge is 0.389 e. The summed E-state index contributed by atoms with van der Waals surface area (Å²) in [5, 5.41) is 6.76. The van der Waals surface area contributed by atoms with Crippen LogP contribution >= 0.6 is 0 Å². The summed E-state index contributed by atoms with van der Waals surface area (Å²) in [7, 11) is 0. The lowest BCUT2D eigenvalue weighted by atomic mass is 10.0. The van der Waals surface area contributed by atoms with Gasteiger partial charge >= 0.3 is 0 Å². The molecule has 2 N–H and O–H groups in total. The first-order valence-corrected chi connectivity index (χ1v) is 4.36. The van der Waals surface area contributed by atoms with Gasteiger partial charge in [0.2, 0.25) is 0 Å². The third-order valence-electron chi connectivity index (χ3n) is 1.93. The molecule has 0 aromatic carbocycles. The van der Waals surface area contributed by atoms with Crippen LogP contribution in [0.25, 0.3) is 0 Å². The summed E-state index contributed by atoms with van der Waals surface area (Å²) in [4.78, 5) is 0. The van der Waals surface area contributed by atoms with Crippen molar-refractivity contribution < 1.29 is 0 Å². The molecule has 1 saturated heterocycles. The van der Waals surface area contributed by atoms with E-state index in [1.807, 2.05) is 0 Å². The molecule has 1 heterocycles. The highest BCUT2D eigenvalue weighted by Gasteiger charge is 2.14. The molecule has 0 bridgehead atoms. The van der Waals surface area contributed by atoms with Crippen LogP contribution in [0.15, 0.2) is 12.3 Å². The van der Waals surface area contributed by atoms with E-state index in [1.165, 1.54) is 12.1 Å². The predicted molar refractivity (Wildman–Crippen MR) is 48.4 cm³/mol. The molecule has 1 atom stereocenters. The maximum Gasteiger partial charge on any atom is 0.0158 e. The topological polar surface area (TPSA) is 24.1 Å². The maximum absolute atomic E-state index is 3.92. The lowest BCUT2D eigenvalue weighted by Gasteiger charge is -2.27. The third kappa shape index (κ3) is 2.93. The van der Waals surface area contributed by atoms with E-state index in [0.717, 1.165) is 13.0 Å². The van der Waals surface area contributed by atoms with Crippen LogP contribution in [0.2, 0.25) is 0 Å². The molecule has 0 spiro atoms. The minimum absolute atomic E-state index is 0.589. The van der Waals surface area contributed by atoms with Gasteiger partial charge in [-0.3, -0.25) is 0 Å². The Balaban J connectivity index is 2.28. The predicted octanol–water partition coefficient (Wildman–Crippen LogP) is 1.25. The van der Waals surface area contributed by atoms with Gasteiger partial charge in [0, 0.05) is 30.7 Å². The van der Waals surface area contributed by atoms with Gasteiger partial charge in [-0.15, -0.1) is 0 Å². The number of piperidine rings is 1. The standard InChI is InChI=1S/C9H18N2/c1-7(2)11-9-4-5-10-8(3)6-9/h7,9-11H,3-6H2,1-2H3. The van der Waals surface area contributed by atoms with Crippen molar-refractivity contribution >= 4 is 0 Å². The molecule has 2 heteroatoms. The van der Waals surface area contributed by atoms with Gasteiger partial charge in [-0.1, -0.05) is 20.4 Å². The van der Waals surface area contributed by atoms with E-state index in [4.69, 9.17) is 0 Å². The molecule has 0 radical (unpaired) electrons. The molecule has 0 aromatic heterocycles. The van der Waals surface area contributed by atoms with Crippen molar-refractivity contribution in [3.8, 4) is 0 Å². The average molecular weight is 154 g/mol. The van der Waals surface area contributed by atoms with Crippen LogP contribution in [0.5, 0.6) is 0 Å². The average Bonchev–Trinajstić information content (AvgIpc) is 1.85. The highest BCUT2D eigenvalue weighted by atomic mass is 15.0. The maximum atomic E-state index is 3.92. The Bertz CT molecular complexity index is 140. The van der Waals surface area contributed by atoms with E-state index in [-0.39, 0.29) is 0 Å². The van der Waals surface area contributed by atoms with Gasteiger partial charge in [-0.2, -0.15) is 0 Å². The molecule has 1 aliphatic rings. The smallest absolute Gasteiger partial charge is 0.0158 e. The zero-order valence-corrected chi connectivity index (χ0v) is 7.48. The molecule has 11 heavy (non-hydrogen) atoms. The fourth-order valence-electron chi connectivity index (χ4n) is 1.51. The summed E-state index contributed by atoms with van der Waals surface area (Å²) in [5.74, 6) is 0. The monoisotopic (exact) mass is 154 g/mol. The molecule has 0 amide bonds. The van der Waals surface area contributed by atoms with Crippen LogP contribution in [0.4, 0.5) is 0 Å². The minimum Gasteiger partial charge on any atom is -0.389 e. The van der Waals surface area contributed by atoms with Crippen molar-refractivity contribution in [1.82, 2.24) is 10.6 Å². The Morgan fingerprint density at radius 3 is 2.91 bits per heavy atom. The van der Waals surface area contributed by atoms with Gasteiger partial charge in [0.1, 0.15) is 0 Å². The Morgan fingerprint density at radius 2 is 2.36 bits per heavy atom. The normalized spacial score (nSPS) is 25.4. The molecule has 1 rings (SSSR count). The Morgan fingerprint density at radius 1 is 1.64 bits per heavy atom. The lowest BCUT2D eigenvalue weighted by molar-refractivity contribution is 0.396. The fourth-order valence-corrected chi connectivity index (χ4v) is 1.51. The molecular weight excluding hydrogens is 136 g/mol. The second kappa shape index (κ2) is 3.77. The first kappa shape index (κ1) is 8.60. The van der Waals surface area contributed by atoms with Gasteiger partial charge in [-0.25, -0.2) is 0 Å². The molecule has 1 aliphatic heterocycles. The van der Waals surface area contributed by atoms with E-state index in [2.05, 4.69) is 31.1 Å². The van der Waals surface area contributed by atoms with Gasteiger partial charge < -0.3 is 10.6 Å². The second-order valence-electron chi connectivity index (χ2n) is 3.54. The zero-order valence-electron chi connectivity index (χ0n) is 7.48. The highest BCUT2D eigenvalue weighted by molar-refractivity contribution is 4.99.